The molecular formula is C6H5BrCl2O3S. The third-order valence-corrected chi connectivity index (χ3v) is 3.27. The molecule has 1 rings (SSSR count). The lowest BCUT2D eigenvalue weighted by molar-refractivity contribution is 0.483. The Morgan fingerprint density at radius 2 is 1.92 bits per heavy atom. The first-order chi connectivity index (χ1) is 5.41. The van der Waals surface area contributed by atoms with Crippen LogP contribution in [0.15, 0.2) is 27.6 Å². The molecule has 0 heterocycles. The van der Waals surface area contributed by atoms with Gasteiger partial charge in [0.25, 0.3) is 10.1 Å². The van der Waals surface area contributed by atoms with E-state index in [2.05, 4.69) is 15.9 Å². The minimum atomic E-state index is -4.15. The second kappa shape index (κ2) is 4.61. The molecule has 0 saturated heterocycles. The molecule has 0 atom stereocenters. The topological polar surface area (TPSA) is 54.4 Å². The van der Waals surface area contributed by atoms with Crippen LogP contribution in [-0.2, 0) is 10.1 Å². The Morgan fingerprint density at radius 1 is 1.38 bits per heavy atom. The van der Waals surface area contributed by atoms with Crippen molar-refractivity contribution in [1.82, 2.24) is 0 Å². The van der Waals surface area contributed by atoms with E-state index in [9.17, 15) is 8.42 Å². The molecule has 0 aliphatic rings. The summed E-state index contributed by atoms with van der Waals surface area (Å²) in [4.78, 5) is -0.212. The van der Waals surface area contributed by atoms with Gasteiger partial charge in [-0.25, -0.2) is 0 Å². The predicted octanol–water partition coefficient (Wildman–Crippen LogP) is 2.77. The molecule has 1 aromatic carbocycles. The number of halogens is 3. The van der Waals surface area contributed by atoms with E-state index >= 15 is 0 Å². The van der Waals surface area contributed by atoms with Gasteiger partial charge in [-0.15, -0.1) is 12.4 Å². The molecule has 3 nitrogen and oxygen atoms in total. The Labute approximate surface area is 95.4 Å². The van der Waals surface area contributed by atoms with Gasteiger partial charge in [-0.3, -0.25) is 4.55 Å². The molecule has 0 radical (unpaired) electrons. The second-order valence-corrected chi connectivity index (χ2v) is 4.73. The molecule has 0 spiro atoms. The minimum absolute atomic E-state index is 0. The Kier molecular flexibility index (Phi) is 4.68. The summed E-state index contributed by atoms with van der Waals surface area (Å²) in [6.45, 7) is 0. The van der Waals surface area contributed by atoms with Crippen LogP contribution >= 0.6 is 39.9 Å². The summed E-state index contributed by atoms with van der Waals surface area (Å²) in [5, 5.41) is 0.241. The fourth-order valence-electron chi connectivity index (χ4n) is 0.637. The molecule has 0 fully saturated rings. The molecule has 0 saturated carbocycles. The Morgan fingerprint density at radius 3 is 2.31 bits per heavy atom. The van der Waals surface area contributed by atoms with Gasteiger partial charge in [0.15, 0.2) is 0 Å². The van der Waals surface area contributed by atoms with E-state index in [1.807, 2.05) is 0 Å². The lowest BCUT2D eigenvalue weighted by atomic mass is 10.4. The molecule has 0 amide bonds. The lowest BCUT2D eigenvalue weighted by Crippen LogP contribution is -1.97. The van der Waals surface area contributed by atoms with E-state index in [0.29, 0.717) is 4.47 Å². The largest absolute Gasteiger partial charge is 0.294 e. The fraction of sp³-hybridized carbons (Fsp3) is 0. The molecule has 1 aromatic rings. The van der Waals surface area contributed by atoms with Crippen molar-refractivity contribution in [2.45, 2.75) is 4.90 Å². The first kappa shape index (κ1) is 13.2. The van der Waals surface area contributed by atoms with Gasteiger partial charge in [0.05, 0.1) is 9.92 Å². The van der Waals surface area contributed by atoms with Crippen molar-refractivity contribution in [1.29, 1.82) is 0 Å². The van der Waals surface area contributed by atoms with Crippen molar-refractivity contribution in [3.8, 4) is 0 Å². The molecule has 0 aromatic heterocycles. The maximum absolute atomic E-state index is 10.6. The van der Waals surface area contributed by atoms with Crippen molar-refractivity contribution in [2.75, 3.05) is 0 Å². The van der Waals surface area contributed by atoms with Crippen LogP contribution in [0.5, 0.6) is 0 Å². The average Bonchev–Trinajstić information content (AvgIpc) is 1.92. The van der Waals surface area contributed by atoms with Crippen LogP contribution in [0.3, 0.4) is 0 Å². The summed E-state index contributed by atoms with van der Waals surface area (Å²) in [5.41, 5.74) is 0. The number of rotatable bonds is 1. The molecule has 1 N–H and O–H groups in total. The molecule has 7 heteroatoms. The smallest absolute Gasteiger partial charge is 0.282 e. The zero-order chi connectivity index (χ0) is 9.35. The summed E-state index contributed by atoms with van der Waals surface area (Å²) in [6, 6.07) is 3.87. The summed E-state index contributed by atoms with van der Waals surface area (Å²) >= 11 is 8.69. The van der Waals surface area contributed by atoms with Gasteiger partial charge in [0, 0.05) is 4.47 Å². The predicted molar refractivity (Wildman–Crippen MR) is 56.2 cm³/mol. The molecule has 74 valence electrons. The van der Waals surface area contributed by atoms with Gasteiger partial charge in [-0.1, -0.05) is 11.6 Å². The zero-order valence-corrected chi connectivity index (χ0v) is 10.0. The highest BCUT2D eigenvalue weighted by Crippen LogP contribution is 2.24. The van der Waals surface area contributed by atoms with Crippen LogP contribution in [0, 0.1) is 0 Å². The first-order valence-electron chi connectivity index (χ1n) is 2.84. The standard InChI is InChI=1S/C6H4BrClO3S.ClH/c7-5-2-1-4(3-6(5)8)12(9,10)11;/h1-3H,(H,9,10,11);1H. The van der Waals surface area contributed by atoms with Gasteiger partial charge >= 0.3 is 0 Å². The van der Waals surface area contributed by atoms with Gasteiger partial charge in [0.2, 0.25) is 0 Å². The molecular weight excluding hydrogens is 303 g/mol. The zero-order valence-electron chi connectivity index (χ0n) is 6.07. The van der Waals surface area contributed by atoms with Crippen molar-refractivity contribution in [3.63, 3.8) is 0 Å². The first-order valence-corrected chi connectivity index (χ1v) is 5.45. The Hall–Kier alpha value is 0.190. The normalized spacial score (nSPS) is 10.7. The van der Waals surface area contributed by atoms with E-state index in [0.717, 1.165) is 0 Å². The van der Waals surface area contributed by atoms with E-state index in [1.54, 1.807) is 0 Å². The van der Waals surface area contributed by atoms with Crippen LogP contribution in [0.1, 0.15) is 0 Å². The molecule has 13 heavy (non-hydrogen) atoms. The highest BCUT2D eigenvalue weighted by Gasteiger charge is 2.10. The number of hydrogen-bond donors (Lipinski definition) is 1. The molecule has 0 unspecified atom stereocenters. The van der Waals surface area contributed by atoms with Crippen molar-refractivity contribution >= 4 is 50.1 Å². The van der Waals surface area contributed by atoms with E-state index in [-0.39, 0.29) is 22.3 Å². The molecule has 0 aliphatic heterocycles. The fourth-order valence-corrected chi connectivity index (χ4v) is 1.64. The number of benzene rings is 1. The van der Waals surface area contributed by atoms with E-state index < -0.39 is 10.1 Å². The third-order valence-electron chi connectivity index (χ3n) is 1.19. The van der Waals surface area contributed by atoms with Crippen LogP contribution < -0.4 is 0 Å². The summed E-state index contributed by atoms with van der Waals surface area (Å²) in [6.07, 6.45) is 0. The summed E-state index contributed by atoms with van der Waals surface area (Å²) in [7, 11) is -4.15. The van der Waals surface area contributed by atoms with E-state index in [1.165, 1.54) is 18.2 Å². The molecule has 0 aliphatic carbocycles. The maximum Gasteiger partial charge on any atom is 0.294 e. The van der Waals surface area contributed by atoms with Gasteiger partial charge in [-0.05, 0) is 34.1 Å². The average molecular weight is 308 g/mol. The van der Waals surface area contributed by atoms with E-state index in [4.69, 9.17) is 16.2 Å². The summed E-state index contributed by atoms with van der Waals surface area (Å²) in [5.74, 6) is 0. The van der Waals surface area contributed by atoms with Crippen LogP contribution in [0.25, 0.3) is 0 Å². The highest BCUT2D eigenvalue weighted by molar-refractivity contribution is 9.10. The van der Waals surface area contributed by atoms with Gasteiger partial charge in [-0.2, -0.15) is 8.42 Å². The lowest BCUT2D eigenvalue weighted by Gasteiger charge is -1.98. The van der Waals surface area contributed by atoms with Gasteiger partial charge < -0.3 is 0 Å². The summed E-state index contributed by atoms with van der Waals surface area (Å²) < 4.78 is 30.3. The third kappa shape index (κ3) is 3.44. The minimum Gasteiger partial charge on any atom is -0.282 e. The van der Waals surface area contributed by atoms with Crippen molar-refractivity contribution in [3.05, 3.63) is 27.7 Å². The van der Waals surface area contributed by atoms with Crippen LogP contribution in [0.4, 0.5) is 0 Å². The monoisotopic (exact) mass is 306 g/mol. The van der Waals surface area contributed by atoms with Crippen LogP contribution in [-0.4, -0.2) is 13.0 Å². The van der Waals surface area contributed by atoms with Gasteiger partial charge in [0.1, 0.15) is 0 Å². The van der Waals surface area contributed by atoms with Crippen LogP contribution in [0.2, 0.25) is 5.02 Å². The van der Waals surface area contributed by atoms with Crippen molar-refractivity contribution in [2.24, 2.45) is 0 Å². The molecule has 0 bridgehead atoms. The second-order valence-electron chi connectivity index (χ2n) is 2.05. The maximum atomic E-state index is 10.6. The Bertz CT molecular complexity index is 404. The quantitative estimate of drug-likeness (QED) is 0.812. The Balaban J connectivity index is 0.00000144. The van der Waals surface area contributed by atoms with Crippen molar-refractivity contribution < 1.29 is 13.0 Å². The highest BCUT2D eigenvalue weighted by atomic mass is 79.9. The number of hydrogen-bond acceptors (Lipinski definition) is 2. The SMILES string of the molecule is Cl.O=S(=O)(O)c1ccc(Br)c(Cl)c1.